The van der Waals surface area contributed by atoms with Gasteiger partial charge in [-0.1, -0.05) is 38.0 Å². The van der Waals surface area contributed by atoms with Crippen molar-refractivity contribution < 1.29 is 29.0 Å². The van der Waals surface area contributed by atoms with Crippen molar-refractivity contribution in [1.82, 2.24) is 15.5 Å². The maximum atomic E-state index is 14.1. The number of alkyl carbamates (subject to hydrolysis) is 1. The summed E-state index contributed by atoms with van der Waals surface area (Å²) in [6.07, 6.45) is 1.18. The smallest absolute Gasteiger partial charge is 0.408 e. The van der Waals surface area contributed by atoms with Crippen molar-refractivity contribution >= 4 is 23.8 Å². The second-order valence-electron chi connectivity index (χ2n) is 11.6. The number of nitrogens with two attached hydrogens (primary N) is 1. The summed E-state index contributed by atoms with van der Waals surface area (Å²) in [7, 11) is 0. The SMILES string of the molecule is CCCCCN(C(=O)C(CCC(N)=O)NC(=O)OC(C)(C)C)C(C(=O)NC(C)(C)C)c1cccc(C)c1O. The average Bonchev–Trinajstić information content (AvgIpc) is 2.75. The molecule has 214 valence electrons. The Kier molecular flexibility index (Phi) is 12.1. The molecule has 1 aromatic carbocycles. The Morgan fingerprint density at radius 2 is 1.71 bits per heavy atom. The summed E-state index contributed by atoms with van der Waals surface area (Å²) in [4.78, 5) is 53.3. The van der Waals surface area contributed by atoms with Gasteiger partial charge in [0.2, 0.25) is 17.7 Å². The number of hydrogen-bond donors (Lipinski definition) is 4. The molecule has 10 heteroatoms. The lowest BCUT2D eigenvalue weighted by atomic mass is 9.97. The molecule has 5 N–H and O–H groups in total. The molecule has 0 heterocycles. The number of aromatic hydroxyl groups is 1. The van der Waals surface area contributed by atoms with Gasteiger partial charge < -0.3 is 31.1 Å². The Morgan fingerprint density at radius 1 is 1.08 bits per heavy atom. The number of phenolic OH excluding ortho intramolecular Hbond substituents is 1. The van der Waals surface area contributed by atoms with Gasteiger partial charge in [0.25, 0.3) is 0 Å². The van der Waals surface area contributed by atoms with Crippen LogP contribution in [0, 0.1) is 6.92 Å². The van der Waals surface area contributed by atoms with Gasteiger partial charge in [0, 0.05) is 24.1 Å². The number of nitrogens with one attached hydrogen (secondary N) is 2. The van der Waals surface area contributed by atoms with E-state index >= 15 is 0 Å². The number of amides is 4. The number of carbonyl (C=O) groups is 4. The molecule has 0 fully saturated rings. The number of unbranched alkanes of at least 4 members (excludes halogenated alkanes) is 2. The lowest BCUT2D eigenvalue weighted by Crippen LogP contribution is -2.55. The van der Waals surface area contributed by atoms with E-state index in [1.54, 1.807) is 45.9 Å². The minimum absolute atomic E-state index is 0.0783. The van der Waals surface area contributed by atoms with E-state index < -0.39 is 47.0 Å². The highest BCUT2D eigenvalue weighted by molar-refractivity contribution is 5.93. The van der Waals surface area contributed by atoms with E-state index in [1.165, 1.54) is 4.90 Å². The molecule has 0 aliphatic rings. The Hall–Kier alpha value is -3.30. The molecule has 1 rings (SSSR count). The number of hydrogen-bond acceptors (Lipinski definition) is 6. The van der Waals surface area contributed by atoms with E-state index in [1.807, 2.05) is 27.7 Å². The van der Waals surface area contributed by atoms with Crippen molar-refractivity contribution in [2.24, 2.45) is 5.73 Å². The Morgan fingerprint density at radius 3 is 2.24 bits per heavy atom. The molecule has 0 saturated heterocycles. The fourth-order valence-corrected chi connectivity index (χ4v) is 3.88. The van der Waals surface area contributed by atoms with Gasteiger partial charge in [0.05, 0.1) is 0 Å². The molecule has 0 bridgehead atoms. The Bertz CT molecular complexity index is 981. The van der Waals surface area contributed by atoms with Crippen LogP contribution in [0.25, 0.3) is 0 Å². The second kappa shape index (κ2) is 14.0. The van der Waals surface area contributed by atoms with Crippen LogP contribution in [0.15, 0.2) is 18.2 Å². The minimum atomic E-state index is -1.19. The first kappa shape index (κ1) is 32.7. The fraction of sp³-hybridized carbons (Fsp3) is 0.643. The number of carbonyl (C=O) groups excluding carboxylic acids is 4. The normalized spacial score (nSPS) is 13.3. The van der Waals surface area contributed by atoms with E-state index in [0.717, 1.165) is 12.8 Å². The molecule has 38 heavy (non-hydrogen) atoms. The summed E-state index contributed by atoms with van der Waals surface area (Å²) in [6.45, 7) is 14.4. The van der Waals surface area contributed by atoms with Crippen LogP contribution in [0.1, 0.15) is 97.7 Å². The van der Waals surface area contributed by atoms with Crippen LogP contribution >= 0.6 is 0 Å². The maximum absolute atomic E-state index is 14.1. The van der Waals surface area contributed by atoms with E-state index in [4.69, 9.17) is 10.5 Å². The summed E-state index contributed by atoms with van der Waals surface area (Å²) < 4.78 is 5.34. The molecule has 0 saturated carbocycles. The van der Waals surface area contributed by atoms with Gasteiger partial charge in [-0.05, 0) is 66.9 Å². The summed E-state index contributed by atoms with van der Waals surface area (Å²) in [6, 6.07) is 2.65. The van der Waals surface area contributed by atoms with Gasteiger partial charge in [0.1, 0.15) is 23.4 Å². The number of para-hydroxylation sites is 1. The van der Waals surface area contributed by atoms with Crippen LogP contribution in [0.3, 0.4) is 0 Å². The summed E-state index contributed by atoms with van der Waals surface area (Å²) >= 11 is 0. The van der Waals surface area contributed by atoms with Crippen molar-refractivity contribution in [3.63, 3.8) is 0 Å². The highest BCUT2D eigenvalue weighted by Gasteiger charge is 2.38. The molecule has 2 unspecified atom stereocenters. The van der Waals surface area contributed by atoms with E-state index in [0.29, 0.717) is 12.0 Å². The monoisotopic (exact) mass is 534 g/mol. The number of nitrogens with zero attached hydrogens (tertiary/aromatic N) is 1. The zero-order chi connectivity index (χ0) is 29.3. The first-order valence-corrected chi connectivity index (χ1v) is 13.2. The third-order valence-corrected chi connectivity index (χ3v) is 5.58. The number of benzene rings is 1. The Balaban J connectivity index is 3.62. The van der Waals surface area contributed by atoms with Gasteiger partial charge >= 0.3 is 6.09 Å². The first-order chi connectivity index (χ1) is 17.5. The molecular formula is C28H46N4O6. The van der Waals surface area contributed by atoms with Gasteiger partial charge in [-0.25, -0.2) is 4.79 Å². The van der Waals surface area contributed by atoms with Crippen LogP contribution in [0.5, 0.6) is 5.75 Å². The summed E-state index contributed by atoms with van der Waals surface area (Å²) in [5, 5.41) is 16.4. The molecule has 0 spiro atoms. The second-order valence-corrected chi connectivity index (χ2v) is 11.6. The molecular weight excluding hydrogens is 488 g/mol. The van der Waals surface area contributed by atoms with Crippen LogP contribution in [0.2, 0.25) is 0 Å². The standard InChI is InChI=1S/C28H46N4O6/c1-9-10-11-17-32(25(36)20(15-16-21(29)33)30-26(37)38-28(6,7)8)22(24(35)31-27(3,4)5)19-14-12-13-18(2)23(19)34/h12-14,20,22,34H,9-11,15-17H2,1-8H3,(H2,29,33)(H,30,37)(H,31,35). The van der Waals surface area contributed by atoms with Crippen molar-refractivity contribution in [2.45, 2.75) is 111 Å². The quantitative estimate of drug-likeness (QED) is 0.299. The van der Waals surface area contributed by atoms with Crippen molar-refractivity contribution in [2.75, 3.05) is 6.54 Å². The van der Waals surface area contributed by atoms with E-state index in [-0.39, 0.29) is 30.7 Å². The molecule has 0 aliphatic heterocycles. The molecule has 4 amide bonds. The predicted octanol–water partition coefficient (Wildman–Crippen LogP) is 3.83. The predicted molar refractivity (Wildman–Crippen MR) is 146 cm³/mol. The minimum Gasteiger partial charge on any atom is -0.507 e. The van der Waals surface area contributed by atoms with Crippen molar-refractivity contribution in [3.05, 3.63) is 29.3 Å². The zero-order valence-corrected chi connectivity index (χ0v) is 24.1. The summed E-state index contributed by atoms with van der Waals surface area (Å²) in [5.41, 5.74) is 4.73. The van der Waals surface area contributed by atoms with Gasteiger partial charge in [-0.15, -0.1) is 0 Å². The van der Waals surface area contributed by atoms with Crippen LogP contribution in [0.4, 0.5) is 4.79 Å². The number of aryl methyl sites for hydroxylation is 1. The molecule has 2 atom stereocenters. The largest absolute Gasteiger partial charge is 0.507 e. The van der Waals surface area contributed by atoms with Crippen LogP contribution in [-0.4, -0.2) is 57.5 Å². The van der Waals surface area contributed by atoms with Crippen molar-refractivity contribution in [1.29, 1.82) is 0 Å². The highest BCUT2D eigenvalue weighted by atomic mass is 16.6. The molecule has 0 aliphatic carbocycles. The fourth-order valence-electron chi connectivity index (χ4n) is 3.88. The topological polar surface area (TPSA) is 151 Å². The molecule has 0 aromatic heterocycles. The first-order valence-electron chi connectivity index (χ1n) is 13.2. The number of primary amides is 1. The van der Waals surface area contributed by atoms with Crippen molar-refractivity contribution in [3.8, 4) is 5.75 Å². The number of phenols is 1. The third kappa shape index (κ3) is 11.0. The maximum Gasteiger partial charge on any atom is 0.408 e. The average molecular weight is 535 g/mol. The van der Waals surface area contributed by atoms with E-state index in [9.17, 15) is 24.3 Å². The van der Waals surface area contributed by atoms with Crippen LogP contribution < -0.4 is 16.4 Å². The molecule has 1 aromatic rings. The highest BCUT2D eigenvalue weighted by Crippen LogP contribution is 2.33. The Labute approximate surface area is 226 Å². The van der Waals surface area contributed by atoms with Gasteiger partial charge in [-0.2, -0.15) is 0 Å². The summed E-state index contributed by atoms with van der Waals surface area (Å²) in [5.74, 6) is -1.79. The van der Waals surface area contributed by atoms with Gasteiger partial charge in [-0.3, -0.25) is 14.4 Å². The van der Waals surface area contributed by atoms with Crippen LogP contribution in [-0.2, 0) is 19.1 Å². The zero-order valence-electron chi connectivity index (χ0n) is 24.1. The van der Waals surface area contributed by atoms with Gasteiger partial charge in [0.15, 0.2) is 0 Å². The van der Waals surface area contributed by atoms with E-state index in [2.05, 4.69) is 10.6 Å². The molecule has 10 nitrogen and oxygen atoms in total. The third-order valence-electron chi connectivity index (χ3n) is 5.58. The number of ether oxygens (including phenoxy) is 1. The molecule has 0 radical (unpaired) electrons. The lowest BCUT2D eigenvalue weighted by Gasteiger charge is -2.36. The lowest BCUT2D eigenvalue weighted by molar-refractivity contribution is -0.143. The number of rotatable bonds is 12.